The summed E-state index contributed by atoms with van der Waals surface area (Å²) in [4.78, 5) is 12.6. The first-order valence-electron chi connectivity index (χ1n) is 5.46. The Kier molecular flexibility index (Phi) is 4.08. The summed E-state index contributed by atoms with van der Waals surface area (Å²) in [6.45, 7) is 0. The number of carbonyl (C=O) groups is 1. The average molecular weight is 304 g/mol. The molecule has 0 spiro atoms. The third-order valence-corrected chi connectivity index (χ3v) is 3.27. The van der Waals surface area contributed by atoms with E-state index in [1.54, 1.807) is 17.5 Å². The van der Waals surface area contributed by atoms with Crippen LogP contribution in [0.2, 0.25) is 0 Å². The quantitative estimate of drug-likeness (QED) is 0.625. The maximum absolute atomic E-state index is 13.4. The maximum Gasteiger partial charge on any atom is 0.573 e. The molecule has 2 rings (SSSR count). The first-order valence-corrected chi connectivity index (χ1v) is 6.34. The summed E-state index contributed by atoms with van der Waals surface area (Å²) >= 11 is 1.37. The molecular formula is C13H8F4O2S. The lowest BCUT2D eigenvalue weighted by Gasteiger charge is -2.10. The number of alkyl halides is 3. The molecule has 2 aromatic rings. The summed E-state index contributed by atoms with van der Waals surface area (Å²) in [5.74, 6) is -2.55. The fraction of sp³-hybridized carbons (Fsp3) is 0.154. The Morgan fingerprint density at radius 1 is 1.25 bits per heavy atom. The Balaban J connectivity index is 2.14. The molecule has 7 heteroatoms. The van der Waals surface area contributed by atoms with Gasteiger partial charge in [-0.25, -0.2) is 4.39 Å². The SMILES string of the molecule is O=C(Cc1cccs1)c1ccc(OC(F)(F)F)c(F)c1. The maximum atomic E-state index is 13.4. The highest BCUT2D eigenvalue weighted by atomic mass is 32.1. The molecule has 2 nitrogen and oxygen atoms in total. The van der Waals surface area contributed by atoms with Gasteiger partial charge < -0.3 is 4.74 Å². The smallest absolute Gasteiger partial charge is 0.403 e. The lowest BCUT2D eigenvalue weighted by atomic mass is 10.1. The lowest BCUT2D eigenvalue weighted by Crippen LogP contribution is -2.18. The molecule has 0 atom stereocenters. The van der Waals surface area contributed by atoms with Crippen molar-refractivity contribution in [2.45, 2.75) is 12.8 Å². The predicted octanol–water partition coefficient (Wildman–Crippen LogP) is 4.21. The zero-order valence-electron chi connectivity index (χ0n) is 9.91. The zero-order chi connectivity index (χ0) is 14.8. The van der Waals surface area contributed by atoms with Gasteiger partial charge in [-0.3, -0.25) is 4.79 Å². The van der Waals surface area contributed by atoms with Crippen LogP contribution in [0.5, 0.6) is 5.75 Å². The Labute approximate surface area is 115 Å². The van der Waals surface area contributed by atoms with Crippen LogP contribution in [0.1, 0.15) is 15.2 Å². The number of Topliss-reactive ketones (excluding diaryl/α,β-unsaturated/α-hetero) is 1. The normalized spacial score (nSPS) is 11.4. The number of hydrogen-bond acceptors (Lipinski definition) is 3. The van der Waals surface area contributed by atoms with E-state index >= 15 is 0 Å². The van der Waals surface area contributed by atoms with Crippen molar-refractivity contribution in [3.63, 3.8) is 0 Å². The van der Waals surface area contributed by atoms with E-state index in [4.69, 9.17) is 0 Å². The van der Waals surface area contributed by atoms with E-state index in [-0.39, 0.29) is 17.8 Å². The van der Waals surface area contributed by atoms with Gasteiger partial charge in [0.2, 0.25) is 0 Å². The summed E-state index contributed by atoms with van der Waals surface area (Å²) in [6, 6.07) is 6.18. The predicted molar refractivity (Wildman–Crippen MR) is 65.4 cm³/mol. The third-order valence-electron chi connectivity index (χ3n) is 2.39. The average Bonchev–Trinajstić information content (AvgIpc) is 2.83. The van der Waals surface area contributed by atoms with Crippen molar-refractivity contribution in [1.82, 2.24) is 0 Å². The number of ketones is 1. The van der Waals surface area contributed by atoms with Gasteiger partial charge in [-0.15, -0.1) is 24.5 Å². The van der Waals surface area contributed by atoms with Gasteiger partial charge in [0.15, 0.2) is 17.3 Å². The molecular weight excluding hydrogens is 296 g/mol. The minimum Gasteiger partial charge on any atom is -0.403 e. The van der Waals surface area contributed by atoms with Crippen LogP contribution in [0.3, 0.4) is 0 Å². The molecule has 0 fully saturated rings. The number of benzene rings is 1. The first-order chi connectivity index (χ1) is 9.35. The summed E-state index contributed by atoms with van der Waals surface area (Å²) in [5, 5.41) is 1.80. The van der Waals surface area contributed by atoms with Gasteiger partial charge in [0.05, 0.1) is 0 Å². The van der Waals surface area contributed by atoms with Gasteiger partial charge in [-0.05, 0) is 29.6 Å². The summed E-state index contributed by atoms with van der Waals surface area (Å²) < 4.78 is 52.9. The van der Waals surface area contributed by atoms with Crippen LogP contribution in [0.15, 0.2) is 35.7 Å². The van der Waals surface area contributed by atoms with Gasteiger partial charge in [0, 0.05) is 16.9 Å². The molecule has 0 saturated carbocycles. The van der Waals surface area contributed by atoms with Crippen molar-refractivity contribution in [2.24, 2.45) is 0 Å². The highest BCUT2D eigenvalue weighted by Gasteiger charge is 2.32. The molecule has 0 saturated heterocycles. The van der Waals surface area contributed by atoms with E-state index in [0.29, 0.717) is 0 Å². The standard InChI is InChI=1S/C13H8F4O2S/c14-10-6-8(3-4-12(10)19-13(15,16)17)11(18)7-9-2-1-5-20-9/h1-6H,7H2. The second-order valence-electron chi connectivity index (χ2n) is 3.87. The largest absolute Gasteiger partial charge is 0.573 e. The molecule has 0 unspecified atom stereocenters. The van der Waals surface area contributed by atoms with Gasteiger partial charge >= 0.3 is 6.36 Å². The van der Waals surface area contributed by atoms with Crippen LogP contribution >= 0.6 is 11.3 Å². The number of rotatable bonds is 4. The molecule has 1 aromatic heterocycles. The highest BCUT2D eigenvalue weighted by molar-refractivity contribution is 7.10. The fourth-order valence-corrected chi connectivity index (χ4v) is 2.26. The summed E-state index contributed by atoms with van der Waals surface area (Å²) in [7, 11) is 0. The van der Waals surface area contributed by atoms with Crippen LogP contribution in [0.25, 0.3) is 0 Å². The van der Waals surface area contributed by atoms with Crippen LogP contribution in [-0.4, -0.2) is 12.1 Å². The van der Waals surface area contributed by atoms with Crippen LogP contribution < -0.4 is 4.74 Å². The first kappa shape index (κ1) is 14.5. The van der Waals surface area contributed by atoms with E-state index in [9.17, 15) is 22.4 Å². The van der Waals surface area contributed by atoms with Crippen molar-refractivity contribution in [2.75, 3.05) is 0 Å². The number of thiophene rings is 1. The molecule has 0 radical (unpaired) electrons. The van der Waals surface area contributed by atoms with Gasteiger partial charge in [-0.1, -0.05) is 6.07 Å². The van der Waals surface area contributed by atoms with E-state index in [0.717, 1.165) is 23.1 Å². The lowest BCUT2D eigenvalue weighted by molar-refractivity contribution is -0.275. The molecule has 106 valence electrons. The zero-order valence-corrected chi connectivity index (χ0v) is 10.7. The molecule has 0 bridgehead atoms. The highest BCUT2D eigenvalue weighted by Crippen LogP contribution is 2.26. The van der Waals surface area contributed by atoms with E-state index in [2.05, 4.69) is 4.74 Å². The van der Waals surface area contributed by atoms with E-state index in [1.807, 2.05) is 0 Å². The van der Waals surface area contributed by atoms with Gasteiger partial charge in [0.1, 0.15) is 0 Å². The Hall–Kier alpha value is -1.89. The molecule has 0 aliphatic carbocycles. The van der Waals surface area contributed by atoms with E-state index in [1.165, 1.54) is 11.3 Å². The molecule has 0 N–H and O–H groups in total. The van der Waals surface area contributed by atoms with Gasteiger partial charge in [-0.2, -0.15) is 0 Å². The number of carbonyl (C=O) groups excluding carboxylic acids is 1. The molecule has 1 aromatic carbocycles. The van der Waals surface area contributed by atoms with Crippen LogP contribution in [0.4, 0.5) is 17.6 Å². The van der Waals surface area contributed by atoms with Crippen LogP contribution in [0, 0.1) is 5.82 Å². The topological polar surface area (TPSA) is 26.3 Å². The summed E-state index contributed by atoms with van der Waals surface area (Å²) in [5.41, 5.74) is 0.00502. The molecule has 0 amide bonds. The van der Waals surface area contributed by atoms with Crippen molar-refractivity contribution >= 4 is 17.1 Å². The third kappa shape index (κ3) is 3.80. The van der Waals surface area contributed by atoms with Crippen molar-refractivity contribution < 1.29 is 27.1 Å². The minimum atomic E-state index is -4.97. The van der Waals surface area contributed by atoms with Crippen molar-refractivity contribution in [3.8, 4) is 5.75 Å². The van der Waals surface area contributed by atoms with Crippen molar-refractivity contribution in [3.05, 3.63) is 52.0 Å². The Bertz CT molecular complexity index is 605. The second kappa shape index (κ2) is 5.62. The molecule has 0 aliphatic heterocycles. The molecule has 20 heavy (non-hydrogen) atoms. The monoisotopic (exact) mass is 304 g/mol. The van der Waals surface area contributed by atoms with Gasteiger partial charge in [0.25, 0.3) is 0 Å². The second-order valence-corrected chi connectivity index (χ2v) is 4.90. The number of halogens is 4. The molecule has 1 heterocycles. The fourth-order valence-electron chi connectivity index (χ4n) is 1.56. The number of hydrogen-bond donors (Lipinski definition) is 0. The van der Waals surface area contributed by atoms with E-state index < -0.39 is 17.9 Å². The Morgan fingerprint density at radius 3 is 2.55 bits per heavy atom. The van der Waals surface area contributed by atoms with Crippen molar-refractivity contribution in [1.29, 1.82) is 0 Å². The molecule has 0 aliphatic rings. The van der Waals surface area contributed by atoms with Crippen LogP contribution in [-0.2, 0) is 6.42 Å². The Morgan fingerprint density at radius 2 is 2.00 bits per heavy atom. The summed E-state index contributed by atoms with van der Waals surface area (Å²) in [6.07, 6.45) is -4.89. The number of ether oxygens (including phenoxy) is 1. The minimum absolute atomic E-state index is 0.00502.